The number of carbonyl (C=O) groups excluding carboxylic acids is 1. The third-order valence-corrected chi connectivity index (χ3v) is 4.02. The Hall–Kier alpha value is -1.59. The van der Waals surface area contributed by atoms with E-state index in [0.717, 1.165) is 25.2 Å². The average molecular weight is 291 g/mol. The van der Waals surface area contributed by atoms with Crippen LogP contribution in [0.25, 0.3) is 0 Å². The summed E-state index contributed by atoms with van der Waals surface area (Å²) in [5.74, 6) is 0.464. The van der Waals surface area contributed by atoms with E-state index in [1.54, 1.807) is 12.1 Å². The summed E-state index contributed by atoms with van der Waals surface area (Å²) in [7, 11) is 0. The minimum absolute atomic E-state index is 0.0687. The van der Waals surface area contributed by atoms with E-state index in [9.17, 15) is 9.90 Å². The van der Waals surface area contributed by atoms with Crippen molar-refractivity contribution in [1.29, 1.82) is 0 Å². The molecule has 0 spiro atoms. The van der Waals surface area contributed by atoms with Gasteiger partial charge in [0, 0.05) is 32.7 Å². The molecule has 21 heavy (non-hydrogen) atoms. The highest BCUT2D eigenvalue weighted by Gasteiger charge is 2.24. The standard InChI is InChI=1S/C16H25N3O2/c1-12-3-4-14(15(20)9-12)16(21)19-7-5-18(6-8-19)11-13(2)10-17/h3-4,9,13,20H,5-8,10-11,17H2,1-2H3. The molecule has 1 atom stereocenters. The molecule has 1 aromatic carbocycles. The van der Waals surface area contributed by atoms with Gasteiger partial charge in [0.1, 0.15) is 5.75 Å². The first-order chi connectivity index (χ1) is 10.0. The molecule has 0 aliphatic carbocycles. The molecule has 0 saturated carbocycles. The highest BCUT2D eigenvalue weighted by atomic mass is 16.3. The summed E-state index contributed by atoms with van der Waals surface area (Å²) in [6, 6.07) is 5.19. The number of aromatic hydroxyl groups is 1. The number of nitrogens with two attached hydrogens (primary N) is 1. The van der Waals surface area contributed by atoms with Gasteiger partial charge in [-0.15, -0.1) is 0 Å². The number of amides is 1. The van der Waals surface area contributed by atoms with Gasteiger partial charge in [0.05, 0.1) is 5.56 Å². The van der Waals surface area contributed by atoms with Crippen molar-refractivity contribution in [1.82, 2.24) is 9.80 Å². The van der Waals surface area contributed by atoms with Crippen molar-refractivity contribution < 1.29 is 9.90 Å². The zero-order valence-electron chi connectivity index (χ0n) is 12.9. The van der Waals surface area contributed by atoms with Crippen LogP contribution in [0, 0.1) is 12.8 Å². The van der Waals surface area contributed by atoms with Crippen molar-refractivity contribution in [2.45, 2.75) is 13.8 Å². The van der Waals surface area contributed by atoms with Crippen LogP contribution >= 0.6 is 0 Å². The summed E-state index contributed by atoms with van der Waals surface area (Å²) in [6.07, 6.45) is 0. The molecule has 116 valence electrons. The maximum absolute atomic E-state index is 12.4. The minimum Gasteiger partial charge on any atom is -0.507 e. The molecular formula is C16H25N3O2. The van der Waals surface area contributed by atoms with Crippen LogP contribution in [0.2, 0.25) is 0 Å². The smallest absolute Gasteiger partial charge is 0.257 e. The Balaban J connectivity index is 1.94. The summed E-state index contributed by atoms with van der Waals surface area (Å²) < 4.78 is 0. The molecule has 1 heterocycles. The second-order valence-electron chi connectivity index (χ2n) is 5.95. The molecule has 3 N–H and O–H groups in total. The Labute approximate surface area is 126 Å². The number of carbonyl (C=O) groups is 1. The Morgan fingerprint density at radius 3 is 2.57 bits per heavy atom. The topological polar surface area (TPSA) is 69.8 Å². The Bertz CT molecular complexity index is 496. The van der Waals surface area contributed by atoms with Crippen LogP contribution in [-0.4, -0.2) is 60.1 Å². The quantitative estimate of drug-likeness (QED) is 0.870. The van der Waals surface area contributed by atoms with Crippen molar-refractivity contribution in [2.24, 2.45) is 11.7 Å². The maximum Gasteiger partial charge on any atom is 0.257 e. The second-order valence-corrected chi connectivity index (χ2v) is 5.95. The largest absolute Gasteiger partial charge is 0.507 e. The normalized spacial score (nSPS) is 17.8. The number of hydrogen-bond donors (Lipinski definition) is 2. The Kier molecular flexibility index (Phi) is 5.20. The van der Waals surface area contributed by atoms with Crippen LogP contribution in [0.15, 0.2) is 18.2 Å². The molecule has 1 aliphatic heterocycles. The van der Waals surface area contributed by atoms with Crippen LogP contribution in [-0.2, 0) is 0 Å². The second kappa shape index (κ2) is 6.91. The lowest BCUT2D eigenvalue weighted by atomic mass is 10.1. The first-order valence-corrected chi connectivity index (χ1v) is 7.52. The zero-order valence-corrected chi connectivity index (χ0v) is 12.9. The predicted octanol–water partition coefficient (Wildman–Crippen LogP) is 1.05. The SMILES string of the molecule is Cc1ccc(C(=O)N2CCN(CC(C)CN)CC2)c(O)c1. The van der Waals surface area contributed by atoms with Crippen LogP contribution in [0.5, 0.6) is 5.75 Å². The van der Waals surface area contributed by atoms with E-state index in [0.29, 0.717) is 31.1 Å². The predicted molar refractivity (Wildman–Crippen MR) is 83.4 cm³/mol. The number of phenolic OH excluding ortho intramolecular Hbond substituents is 1. The van der Waals surface area contributed by atoms with Gasteiger partial charge in [0.25, 0.3) is 5.91 Å². The lowest BCUT2D eigenvalue weighted by Gasteiger charge is -2.36. The first kappa shape index (κ1) is 15.8. The van der Waals surface area contributed by atoms with E-state index >= 15 is 0 Å². The van der Waals surface area contributed by atoms with Gasteiger partial charge in [-0.25, -0.2) is 0 Å². The van der Waals surface area contributed by atoms with Crippen LogP contribution in [0.4, 0.5) is 0 Å². The van der Waals surface area contributed by atoms with E-state index in [2.05, 4.69) is 11.8 Å². The van der Waals surface area contributed by atoms with Crippen molar-refractivity contribution in [3.63, 3.8) is 0 Å². The summed E-state index contributed by atoms with van der Waals surface area (Å²) in [5.41, 5.74) is 6.99. The lowest BCUT2D eigenvalue weighted by molar-refractivity contribution is 0.0619. The molecule has 1 fully saturated rings. The van der Waals surface area contributed by atoms with Gasteiger partial charge in [0.2, 0.25) is 0 Å². The van der Waals surface area contributed by atoms with Crippen LogP contribution < -0.4 is 5.73 Å². The number of aryl methyl sites for hydroxylation is 1. The molecule has 0 radical (unpaired) electrons. The molecule has 0 bridgehead atoms. The molecule has 1 amide bonds. The van der Waals surface area contributed by atoms with Gasteiger partial charge < -0.3 is 15.7 Å². The number of piperazine rings is 1. The summed E-state index contributed by atoms with van der Waals surface area (Å²) in [5, 5.41) is 9.92. The van der Waals surface area contributed by atoms with E-state index in [1.807, 2.05) is 17.9 Å². The van der Waals surface area contributed by atoms with Crippen molar-refractivity contribution in [2.75, 3.05) is 39.3 Å². The molecule has 5 heteroatoms. The van der Waals surface area contributed by atoms with Crippen molar-refractivity contribution in [3.8, 4) is 5.75 Å². The molecular weight excluding hydrogens is 266 g/mol. The van der Waals surface area contributed by atoms with E-state index in [1.165, 1.54) is 0 Å². The van der Waals surface area contributed by atoms with E-state index in [4.69, 9.17) is 5.73 Å². The third kappa shape index (κ3) is 3.95. The van der Waals surface area contributed by atoms with E-state index < -0.39 is 0 Å². The summed E-state index contributed by atoms with van der Waals surface area (Å²) in [6.45, 7) is 8.83. The average Bonchev–Trinajstić information content (AvgIpc) is 2.47. The maximum atomic E-state index is 12.4. The number of phenols is 1. The van der Waals surface area contributed by atoms with Gasteiger partial charge in [-0.05, 0) is 37.1 Å². The molecule has 1 aromatic rings. The monoisotopic (exact) mass is 291 g/mol. The van der Waals surface area contributed by atoms with Gasteiger partial charge in [-0.1, -0.05) is 13.0 Å². The summed E-state index contributed by atoms with van der Waals surface area (Å²) >= 11 is 0. The summed E-state index contributed by atoms with van der Waals surface area (Å²) in [4.78, 5) is 16.6. The van der Waals surface area contributed by atoms with Gasteiger partial charge in [0.15, 0.2) is 0 Å². The molecule has 5 nitrogen and oxygen atoms in total. The molecule has 1 unspecified atom stereocenters. The molecule has 0 aromatic heterocycles. The fraction of sp³-hybridized carbons (Fsp3) is 0.562. The number of benzene rings is 1. The minimum atomic E-state index is -0.0842. The highest BCUT2D eigenvalue weighted by molar-refractivity contribution is 5.97. The van der Waals surface area contributed by atoms with Crippen LogP contribution in [0.1, 0.15) is 22.8 Å². The highest BCUT2D eigenvalue weighted by Crippen LogP contribution is 2.21. The number of rotatable bonds is 4. The molecule has 1 saturated heterocycles. The molecule has 1 aliphatic rings. The Morgan fingerprint density at radius 2 is 2.00 bits per heavy atom. The van der Waals surface area contributed by atoms with Crippen molar-refractivity contribution in [3.05, 3.63) is 29.3 Å². The van der Waals surface area contributed by atoms with Gasteiger partial charge >= 0.3 is 0 Å². The number of hydrogen-bond acceptors (Lipinski definition) is 4. The Morgan fingerprint density at radius 1 is 1.33 bits per heavy atom. The van der Waals surface area contributed by atoms with Gasteiger partial charge in [-0.3, -0.25) is 9.69 Å². The van der Waals surface area contributed by atoms with Gasteiger partial charge in [-0.2, -0.15) is 0 Å². The first-order valence-electron chi connectivity index (χ1n) is 7.52. The molecule has 2 rings (SSSR count). The van der Waals surface area contributed by atoms with E-state index in [-0.39, 0.29) is 11.7 Å². The third-order valence-electron chi connectivity index (χ3n) is 4.02. The van der Waals surface area contributed by atoms with Crippen LogP contribution in [0.3, 0.4) is 0 Å². The van der Waals surface area contributed by atoms with Crippen molar-refractivity contribution >= 4 is 5.91 Å². The fourth-order valence-electron chi connectivity index (χ4n) is 2.64. The lowest BCUT2D eigenvalue weighted by Crippen LogP contribution is -2.50. The zero-order chi connectivity index (χ0) is 15.4. The number of nitrogens with zero attached hydrogens (tertiary/aromatic N) is 2. The fourth-order valence-corrected chi connectivity index (χ4v) is 2.64.